The third-order valence-electron chi connectivity index (χ3n) is 4.07. The second kappa shape index (κ2) is 9.46. The number of hydrogen-bond donors (Lipinski definition) is 0. The highest BCUT2D eigenvalue weighted by atomic mass is 16.6. The number of non-ortho nitro benzene ring substituents is 1. The number of aliphatic imine (C=N–C) groups is 1. The molecule has 2 atom stereocenters. The maximum absolute atomic E-state index is 10.6. The molecule has 0 fully saturated rings. The summed E-state index contributed by atoms with van der Waals surface area (Å²) in [6.45, 7) is 13.6. The van der Waals surface area contributed by atoms with Crippen molar-refractivity contribution in [3.05, 3.63) is 72.1 Å². The van der Waals surface area contributed by atoms with Crippen molar-refractivity contribution in [2.24, 2.45) is 17.5 Å². The lowest BCUT2D eigenvalue weighted by Crippen LogP contribution is -2.24. The average molecular weight is 354 g/mol. The minimum Gasteiger partial charge on any atom is -0.334 e. The summed E-state index contributed by atoms with van der Waals surface area (Å²) in [5, 5.41) is 10.6. The number of rotatable bonds is 6. The van der Waals surface area contributed by atoms with E-state index in [0.717, 1.165) is 5.52 Å². The number of para-hydroxylation sites is 1. The van der Waals surface area contributed by atoms with E-state index in [2.05, 4.69) is 36.1 Å². The normalized spacial score (nSPS) is 14.6. The lowest BCUT2D eigenvalue weighted by Gasteiger charge is -2.26. The SMILES string of the molecule is C=CC(N=CC)C(C)(C=C)/C=C\C.Cn1cnc2c([N+](=O)[O-])cccc21. The number of hydrogen-bond acceptors (Lipinski definition) is 4. The second-order valence-electron chi connectivity index (χ2n) is 5.92. The summed E-state index contributed by atoms with van der Waals surface area (Å²) < 4.78 is 1.75. The van der Waals surface area contributed by atoms with Gasteiger partial charge in [-0.2, -0.15) is 0 Å². The number of nitrogens with zero attached hydrogens (tertiary/aromatic N) is 4. The molecule has 138 valence electrons. The summed E-state index contributed by atoms with van der Waals surface area (Å²) in [6.07, 6.45) is 11.2. The van der Waals surface area contributed by atoms with Crippen LogP contribution in [-0.2, 0) is 7.05 Å². The van der Waals surface area contributed by atoms with Crippen molar-refractivity contribution in [1.29, 1.82) is 0 Å². The maximum atomic E-state index is 10.6. The maximum Gasteiger partial charge on any atom is 0.297 e. The fourth-order valence-electron chi connectivity index (χ4n) is 2.57. The molecule has 2 unspecified atom stereocenters. The Morgan fingerprint density at radius 3 is 2.58 bits per heavy atom. The van der Waals surface area contributed by atoms with Gasteiger partial charge in [-0.25, -0.2) is 4.98 Å². The number of nitro benzene ring substituents is 1. The van der Waals surface area contributed by atoms with Gasteiger partial charge in [-0.05, 0) is 26.1 Å². The molecule has 0 N–H and O–H groups in total. The van der Waals surface area contributed by atoms with Crippen LogP contribution in [0.1, 0.15) is 20.8 Å². The average Bonchev–Trinajstić information content (AvgIpc) is 3.01. The van der Waals surface area contributed by atoms with Crippen molar-refractivity contribution < 1.29 is 4.92 Å². The largest absolute Gasteiger partial charge is 0.334 e. The van der Waals surface area contributed by atoms with E-state index in [1.807, 2.05) is 32.1 Å². The minimum atomic E-state index is -0.421. The van der Waals surface area contributed by atoms with Crippen LogP contribution in [0.25, 0.3) is 11.0 Å². The second-order valence-corrected chi connectivity index (χ2v) is 5.92. The Morgan fingerprint density at radius 1 is 1.38 bits per heavy atom. The van der Waals surface area contributed by atoms with Crippen molar-refractivity contribution >= 4 is 22.9 Å². The fourth-order valence-corrected chi connectivity index (χ4v) is 2.57. The van der Waals surface area contributed by atoms with E-state index >= 15 is 0 Å². The van der Waals surface area contributed by atoms with Crippen LogP contribution >= 0.6 is 0 Å². The zero-order valence-electron chi connectivity index (χ0n) is 15.8. The van der Waals surface area contributed by atoms with E-state index in [1.54, 1.807) is 36.3 Å². The minimum absolute atomic E-state index is 0.0538. The molecule has 6 heteroatoms. The molecule has 0 aliphatic rings. The third kappa shape index (κ3) is 4.75. The molecule has 2 aromatic rings. The standard InChI is InChI=1S/C12H19N.C8H7N3O2/c1-6-10-12(5,8-3)11(7-2)13-9-4;1-10-5-9-8-6(10)3-2-4-7(8)11(12)13/h6-11H,2-3H2,1,4-5H3;2-5H,1H3/b10-6-,13-9?;. The Kier molecular flexibility index (Phi) is 7.65. The quantitative estimate of drug-likeness (QED) is 0.321. The number of fused-ring (bicyclic) bond motifs is 1. The summed E-state index contributed by atoms with van der Waals surface area (Å²) in [4.78, 5) is 18.5. The fraction of sp³-hybridized carbons (Fsp3) is 0.300. The summed E-state index contributed by atoms with van der Waals surface area (Å²) in [6, 6.07) is 4.98. The number of aryl methyl sites for hydroxylation is 1. The molecule has 6 nitrogen and oxygen atoms in total. The van der Waals surface area contributed by atoms with Gasteiger partial charge < -0.3 is 4.57 Å². The van der Waals surface area contributed by atoms with Gasteiger partial charge in [0.2, 0.25) is 0 Å². The Bertz CT molecular complexity index is 835. The monoisotopic (exact) mass is 354 g/mol. The van der Waals surface area contributed by atoms with E-state index in [-0.39, 0.29) is 17.1 Å². The van der Waals surface area contributed by atoms with Crippen molar-refractivity contribution in [2.45, 2.75) is 26.8 Å². The summed E-state index contributed by atoms with van der Waals surface area (Å²) in [5.74, 6) is 0. The van der Waals surface area contributed by atoms with Crippen LogP contribution in [0.3, 0.4) is 0 Å². The molecule has 0 aliphatic carbocycles. The van der Waals surface area contributed by atoms with Crippen molar-refractivity contribution in [2.75, 3.05) is 0 Å². The molecule has 0 aliphatic heterocycles. The Morgan fingerprint density at radius 2 is 2.08 bits per heavy atom. The molecule has 1 aromatic carbocycles. The molecule has 0 spiro atoms. The van der Waals surface area contributed by atoms with Gasteiger partial charge in [-0.3, -0.25) is 15.1 Å². The molecule has 0 bridgehead atoms. The van der Waals surface area contributed by atoms with Crippen LogP contribution in [0, 0.1) is 15.5 Å². The van der Waals surface area contributed by atoms with Gasteiger partial charge in [0.1, 0.15) is 0 Å². The Hall–Kier alpha value is -3.02. The van der Waals surface area contributed by atoms with Gasteiger partial charge in [0.05, 0.1) is 22.8 Å². The number of nitro groups is 1. The first kappa shape index (κ1) is 21.0. The van der Waals surface area contributed by atoms with Crippen LogP contribution in [0.15, 0.2) is 67.0 Å². The molecule has 26 heavy (non-hydrogen) atoms. The van der Waals surface area contributed by atoms with E-state index in [9.17, 15) is 10.1 Å². The first-order valence-electron chi connectivity index (χ1n) is 8.26. The summed E-state index contributed by atoms with van der Waals surface area (Å²) >= 11 is 0. The first-order valence-corrected chi connectivity index (χ1v) is 8.26. The molecule has 0 radical (unpaired) electrons. The van der Waals surface area contributed by atoms with Crippen LogP contribution in [0.5, 0.6) is 0 Å². The van der Waals surface area contributed by atoms with Crippen molar-refractivity contribution in [1.82, 2.24) is 9.55 Å². The lowest BCUT2D eigenvalue weighted by atomic mass is 9.82. The Balaban J connectivity index is 0.000000260. The molecule has 1 aromatic heterocycles. The highest BCUT2D eigenvalue weighted by Crippen LogP contribution is 2.28. The highest BCUT2D eigenvalue weighted by molar-refractivity contribution is 5.84. The molecular formula is C20H26N4O2. The van der Waals surface area contributed by atoms with Gasteiger partial charge in [-0.15, -0.1) is 13.2 Å². The molecule has 0 saturated heterocycles. The van der Waals surface area contributed by atoms with Gasteiger partial charge in [0, 0.05) is 18.5 Å². The van der Waals surface area contributed by atoms with Gasteiger partial charge in [-0.1, -0.05) is 37.3 Å². The predicted molar refractivity (Wildman–Crippen MR) is 109 cm³/mol. The third-order valence-corrected chi connectivity index (χ3v) is 4.07. The zero-order valence-corrected chi connectivity index (χ0v) is 15.8. The topological polar surface area (TPSA) is 73.3 Å². The molecule has 2 rings (SSSR count). The Labute approximate surface area is 154 Å². The highest BCUT2D eigenvalue weighted by Gasteiger charge is 2.24. The van der Waals surface area contributed by atoms with Crippen LogP contribution < -0.4 is 0 Å². The van der Waals surface area contributed by atoms with Crippen molar-refractivity contribution in [3.63, 3.8) is 0 Å². The number of benzene rings is 1. The van der Waals surface area contributed by atoms with E-state index in [1.165, 1.54) is 6.07 Å². The molecule has 1 heterocycles. The van der Waals surface area contributed by atoms with Crippen LogP contribution in [-0.4, -0.2) is 26.7 Å². The molecule has 0 amide bonds. The molecule has 0 saturated carbocycles. The van der Waals surface area contributed by atoms with Crippen molar-refractivity contribution in [3.8, 4) is 0 Å². The van der Waals surface area contributed by atoms with Gasteiger partial charge in [0.15, 0.2) is 5.52 Å². The zero-order chi connectivity index (χ0) is 19.7. The van der Waals surface area contributed by atoms with Crippen LogP contribution in [0.4, 0.5) is 5.69 Å². The summed E-state index contributed by atoms with van der Waals surface area (Å²) in [5.41, 5.74) is 1.14. The van der Waals surface area contributed by atoms with E-state index in [4.69, 9.17) is 0 Å². The predicted octanol–water partition coefficient (Wildman–Crippen LogP) is 4.88. The summed E-state index contributed by atoms with van der Waals surface area (Å²) in [7, 11) is 1.80. The first-order chi connectivity index (χ1) is 12.3. The van der Waals surface area contributed by atoms with Gasteiger partial charge in [0.25, 0.3) is 5.69 Å². The van der Waals surface area contributed by atoms with Gasteiger partial charge >= 0.3 is 0 Å². The van der Waals surface area contributed by atoms with E-state index in [0.29, 0.717) is 5.52 Å². The van der Waals surface area contributed by atoms with E-state index < -0.39 is 4.92 Å². The number of allylic oxidation sites excluding steroid dienone is 1. The smallest absolute Gasteiger partial charge is 0.297 e. The lowest BCUT2D eigenvalue weighted by molar-refractivity contribution is -0.383. The molecular weight excluding hydrogens is 328 g/mol. The number of aromatic nitrogens is 2. The van der Waals surface area contributed by atoms with Crippen LogP contribution in [0.2, 0.25) is 0 Å². The number of imidazole rings is 1.